The highest BCUT2D eigenvalue weighted by Gasteiger charge is 2.23. The second kappa shape index (κ2) is 5.73. The van der Waals surface area contributed by atoms with Crippen molar-refractivity contribution in [3.63, 3.8) is 0 Å². The minimum Gasteiger partial charge on any atom is -0.297 e. The summed E-state index contributed by atoms with van der Waals surface area (Å²) in [6.07, 6.45) is 0.836. The normalized spacial score (nSPS) is 18.1. The minimum absolute atomic E-state index is 0.0490. The van der Waals surface area contributed by atoms with Gasteiger partial charge in [-0.1, -0.05) is 41.4 Å². The molecule has 3 rings (SSSR count). The summed E-state index contributed by atoms with van der Waals surface area (Å²) >= 11 is 7.88. The number of hydrogen-bond donors (Lipinski definition) is 1. The van der Waals surface area contributed by atoms with Gasteiger partial charge in [-0.2, -0.15) is 11.8 Å². The van der Waals surface area contributed by atoms with Crippen LogP contribution >= 0.6 is 23.4 Å². The van der Waals surface area contributed by atoms with E-state index >= 15 is 0 Å². The molecule has 1 aliphatic rings. The lowest BCUT2D eigenvalue weighted by molar-refractivity contribution is 0.515. The minimum atomic E-state index is -0.422. The Morgan fingerprint density at radius 2 is 2.19 bits per heavy atom. The number of nitrogens with one attached hydrogen (secondary N) is 1. The number of aromatic amines is 1. The van der Waals surface area contributed by atoms with Crippen LogP contribution in [0.15, 0.2) is 33.9 Å². The Morgan fingerprint density at radius 1 is 1.38 bits per heavy atom. The lowest BCUT2D eigenvalue weighted by Crippen LogP contribution is -2.39. The number of aryl methyl sites for hydroxylation is 1. The van der Waals surface area contributed by atoms with Gasteiger partial charge in [-0.25, -0.2) is 4.79 Å². The van der Waals surface area contributed by atoms with Crippen molar-refractivity contribution in [1.82, 2.24) is 9.55 Å². The summed E-state index contributed by atoms with van der Waals surface area (Å²) in [4.78, 5) is 27.5. The number of halogens is 1. The van der Waals surface area contributed by atoms with E-state index in [2.05, 4.69) is 4.98 Å². The number of aromatic nitrogens is 2. The molecule has 0 saturated carbocycles. The second-order valence-corrected chi connectivity index (χ2v) is 6.71. The highest BCUT2D eigenvalue weighted by Crippen LogP contribution is 2.27. The Kier molecular flexibility index (Phi) is 3.95. The molecule has 2 heterocycles. The zero-order chi connectivity index (χ0) is 15.0. The van der Waals surface area contributed by atoms with Gasteiger partial charge in [-0.05, 0) is 24.7 Å². The molecular formula is C15H15ClN2O2S. The first-order valence-corrected chi connectivity index (χ1v) is 8.30. The number of hydrogen-bond acceptors (Lipinski definition) is 3. The van der Waals surface area contributed by atoms with Gasteiger partial charge in [0, 0.05) is 5.75 Å². The molecule has 1 aromatic carbocycles. The largest absolute Gasteiger partial charge is 0.329 e. The van der Waals surface area contributed by atoms with Gasteiger partial charge in [0.05, 0.1) is 11.6 Å². The predicted octanol–water partition coefficient (Wildman–Crippen LogP) is 2.84. The molecule has 110 valence electrons. The van der Waals surface area contributed by atoms with Crippen molar-refractivity contribution in [2.24, 2.45) is 0 Å². The third-order valence-electron chi connectivity index (χ3n) is 3.67. The maximum Gasteiger partial charge on any atom is 0.329 e. The molecule has 0 amide bonds. The Balaban J connectivity index is 2.24. The first-order valence-electron chi connectivity index (χ1n) is 6.77. The summed E-state index contributed by atoms with van der Waals surface area (Å²) in [5, 5.41) is 0.109. The molecule has 0 aliphatic carbocycles. The van der Waals surface area contributed by atoms with E-state index in [-0.39, 0.29) is 16.8 Å². The van der Waals surface area contributed by atoms with E-state index < -0.39 is 5.69 Å². The zero-order valence-corrected chi connectivity index (χ0v) is 13.1. The zero-order valence-electron chi connectivity index (χ0n) is 11.6. The summed E-state index contributed by atoms with van der Waals surface area (Å²) in [7, 11) is 0. The summed E-state index contributed by atoms with van der Waals surface area (Å²) in [6.45, 7) is 1.95. The van der Waals surface area contributed by atoms with Crippen LogP contribution in [-0.4, -0.2) is 21.1 Å². The number of benzene rings is 1. The van der Waals surface area contributed by atoms with Crippen molar-refractivity contribution >= 4 is 23.4 Å². The number of nitrogens with zero attached hydrogens (tertiary/aromatic N) is 1. The standard InChI is InChI=1S/C15H15ClN2O2S/c1-9-3-2-4-10(7-9)12-13(16)17-15(20)18(14(12)19)11-5-6-21-8-11/h2-4,7,11H,5-6,8H2,1H3,(H,17,20). The fraction of sp³-hybridized carbons (Fsp3) is 0.333. The fourth-order valence-electron chi connectivity index (χ4n) is 2.63. The molecule has 21 heavy (non-hydrogen) atoms. The van der Waals surface area contributed by atoms with E-state index in [1.807, 2.05) is 31.2 Å². The topological polar surface area (TPSA) is 54.9 Å². The molecule has 1 aliphatic heterocycles. The van der Waals surface area contributed by atoms with Gasteiger partial charge < -0.3 is 0 Å². The van der Waals surface area contributed by atoms with Crippen LogP contribution < -0.4 is 11.2 Å². The van der Waals surface area contributed by atoms with Gasteiger partial charge in [-0.15, -0.1) is 0 Å². The predicted molar refractivity (Wildman–Crippen MR) is 87.5 cm³/mol. The molecule has 1 atom stereocenters. The van der Waals surface area contributed by atoms with Crippen LogP contribution in [0, 0.1) is 6.92 Å². The molecule has 1 aromatic heterocycles. The van der Waals surface area contributed by atoms with Crippen molar-refractivity contribution < 1.29 is 0 Å². The number of rotatable bonds is 2. The molecule has 1 fully saturated rings. The average Bonchev–Trinajstić information content (AvgIpc) is 2.92. The van der Waals surface area contributed by atoms with Crippen LogP contribution in [0.1, 0.15) is 18.0 Å². The highest BCUT2D eigenvalue weighted by molar-refractivity contribution is 7.99. The fourth-order valence-corrected chi connectivity index (χ4v) is 4.10. The van der Waals surface area contributed by atoms with Crippen molar-refractivity contribution in [2.75, 3.05) is 11.5 Å². The summed E-state index contributed by atoms with van der Waals surface area (Å²) in [5.41, 5.74) is 1.42. The Morgan fingerprint density at radius 3 is 2.86 bits per heavy atom. The Hall–Kier alpha value is -1.46. The molecule has 4 nitrogen and oxygen atoms in total. The monoisotopic (exact) mass is 322 g/mol. The van der Waals surface area contributed by atoms with Gasteiger partial charge in [0.1, 0.15) is 5.15 Å². The molecule has 2 aromatic rings. The Labute approximate surface area is 131 Å². The third-order valence-corrected chi connectivity index (χ3v) is 5.09. The van der Waals surface area contributed by atoms with Crippen molar-refractivity contribution in [3.8, 4) is 11.1 Å². The lowest BCUT2D eigenvalue weighted by atomic mass is 10.1. The van der Waals surface area contributed by atoms with Crippen molar-refractivity contribution in [2.45, 2.75) is 19.4 Å². The molecule has 1 N–H and O–H groups in total. The van der Waals surface area contributed by atoms with E-state index in [0.717, 1.165) is 29.1 Å². The second-order valence-electron chi connectivity index (χ2n) is 5.18. The molecule has 6 heteroatoms. The number of H-pyrrole nitrogens is 1. The maximum atomic E-state index is 12.8. The summed E-state index contributed by atoms with van der Waals surface area (Å²) < 4.78 is 1.32. The van der Waals surface area contributed by atoms with Gasteiger partial charge >= 0.3 is 5.69 Å². The molecule has 0 radical (unpaired) electrons. The van der Waals surface area contributed by atoms with E-state index in [1.54, 1.807) is 11.8 Å². The first kappa shape index (κ1) is 14.5. The van der Waals surface area contributed by atoms with E-state index in [1.165, 1.54) is 4.57 Å². The third kappa shape index (κ3) is 2.68. The SMILES string of the molecule is Cc1cccc(-c2c(Cl)[nH]c(=O)n(C3CCSC3)c2=O)c1. The molecule has 0 bridgehead atoms. The smallest absolute Gasteiger partial charge is 0.297 e. The summed E-state index contributed by atoms with van der Waals surface area (Å²) in [5.74, 6) is 1.76. The van der Waals surface area contributed by atoms with Crippen LogP contribution in [0.25, 0.3) is 11.1 Å². The molecule has 0 spiro atoms. The van der Waals surface area contributed by atoms with Crippen LogP contribution in [0.4, 0.5) is 0 Å². The van der Waals surface area contributed by atoms with E-state index in [9.17, 15) is 9.59 Å². The van der Waals surface area contributed by atoms with Gasteiger partial charge in [0.2, 0.25) is 0 Å². The molecular weight excluding hydrogens is 308 g/mol. The van der Waals surface area contributed by atoms with Gasteiger partial charge in [0.25, 0.3) is 5.56 Å². The van der Waals surface area contributed by atoms with Crippen LogP contribution in [0.3, 0.4) is 0 Å². The van der Waals surface area contributed by atoms with Crippen molar-refractivity contribution in [3.05, 3.63) is 55.8 Å². The van der Waals surface area contributed by atoms with Crippen molar-refractivity contribution in [1.29, 1.82) is 0 Å². The molecule has 1 saturated heterocycles. The number of thioether (sulfide) groups is 1. The van der Waals surface area contributed by atoms with Crippen LogP contribution in [0.5, 0.6) is 0 Å². The first-order chi connectivity index (χ1) is 10.1. The average molecular weight is 323 g/mol. The lowest BCUT2D eigenvalue weighted by Gasteiger charge is -2.14. The highest BCUT2D eigenvalue weighted by atomic mass is 35.5. The molecule has 1 unspecified atom stereocenters. The summed E-state index contributed by atoms with van der Waals surface area (Å²) in [6, 6.07) is 7.51. The van der Waals surface area contributed by atoms with Gasteiger partial charge in [0.15, 0.2) is 0 Å². The van der Waals surface area contributed by atoms with Gasteiger partial charge in [-0.3, -0.25) is 14.3 Å². The quantitative estimate of drug-likeness (QED) is 0.865. The van der Waals surface area contributed by atoms with E-state index in [0.29, 0.717) is 5.56 Å². The maximum absolute atomic E-state index is 12.8. The van der Waals surface area contributed by atoms with E-state index in [4.69, 9.17) is 11.6 Å². The van der Waals surface area contributed by atoms with Crippen LogP contribution in [0.2, 0.25) is 5.15 Å². The Bertz CT molecular complexity index is 791. The van der Waals surface area contributed by atoms with Crippen LogP contribution in [-0.2, 0) is 0 Å².